The SMILES string of the molecule is CCOc1cc(NC(=O)C2COC[C@H]2O)ccc1S(=O)(=O)Nc1cccc(OC(F)(F)F)c1. The summed E-state index contributed by atoms with van der Waals surface area (Å²) in [7, 11) is -4.28. The van der Waals surface area contributed by atoms with Gasteiger partial charge < -0.3 is 24.6 Å². The van der Waals surface area contributed by atoms with E-state index in [1.165, 1.54) is 30.3 Å². The lowest BCUT2D eigenvalue weighted by Gasteiger charge is -2.16. The van der Waals surface area contributed by atoms with Crippen molar-refractivity contribution in [2.24, 2.45) is 5.92 Å². The zero-order valence-corrected chi connectivity index (χ0v) is 18.1. The number of benzene rings is 2. The molecule has 9 nitrogen and oxygen atoms in total. The van der Waals surface area contributed by atoms with E-state index < -0.39 is 40.1 Å². The number of halogens is 3. The van der Waals surface area contributed by atoms with E-state index in [9.17, 15) is 31.5 Å². The van der Waals surface area contributed by atoms with Gasteiger partial charge in [-0.2, -0.15) is 0 Å². The molecule has 2 atom stereocenters. The van der Waals surface area contributed by atoms with Crippen LogP contribution in [0, 0.1) is 5.92 Å². The first-order chi connectivity index (χ1) is 15.5. The molecule has 13 heteroatoms. The predicted octanol–water partition coefficient (Wildman–Crippen LogP) is 2.73. The molecule has 2 aromatic rings. The summed E-state index contributed by atoms with van der Waals surface area (Å²) in [6.45, 7) is 1.82. The fourth-order valence-corrected chi connectivity index (χ4v) is 4.25. The number of amides is 1. The van der Waals surface area contributed by atoms with E-state index in [1.807, 2.05) is 0 Å². The minimum absolute atomic E-state index is 0.0420. The van der Waals surface area contributed by atoms with Gasteiger partial charge in [0.1, 0.15) is 16.4 Å². The molecule has 1 amide bonds. The Morgan fingerprint density at radius 2 is 1.94 bits per heavy atom. The Labute approximate surface area is 187 Å². The highest BCUT2D eigenvalue weighted by molar-refractivity contribution is 7.92. The number of ether oxygens (including phenoxy) is 3. The lowest BCUT2D eigenvalue weighted by atomic mass is 10.1. The molecular formula is C20H21F3N2O7S. The molecule has 0 bridgehead atoms. The molecule has 0 saturated carbocycles. The first-order valence-corrected chi connectivity index (χ1v) is 11.2. The van der Waals surface area contributed by atoms with Crippen LogP contribution in [-0.4, -0.2) is 51.7 Å². The molecule has 1 saturated heterocycles. The van der Waals surface area contributed by atoms with Crippen molar-refractivity contribution in [1.29, 1.82) is 0 Å². The molecule has 1 unspecified atom stereocenters. The second kappa shape index (κ2) is 9.85. The van der Waals surface area contributed by atoms with Crippen molar-refractivity contribution >= 4 is 27.3 Å². The quantitative estimate of drug-likeness (QED) is 0.520. The highest BCUT2D eigenvalue weighted by atomic mass is 32.2. The third-order valence-corrected chi connectivity index (χ3v) is 5.93. The average Bonchev–Trinajstić information content (AvgIpc) is 3.13. The molecule has 3 N–H and O–H groups in total. The maximum absolute atomic E-state index is 12.9. The second-order valence-electron chi connectivity index (χ2n) is 6.98. The average molecular weight is 490 g/mol. The summed E-state index contributed by atoms with van der Waals surface area (Å²) in [5, 5.41) is 12.4. The number of aliphatic hydroxyl groups excluding tert-OH is 1. The minimum atomic E-state index is -4.93. The highest BCUT2D eigenvalue weighted by Crippen LogP contribution is 2.31. The number of nitrogens with one attached hydrogen (secondary N) is 2. The molecule has 0 radical (unpaired) electrons. The topological polar surface area (TPSA) is 123 Å². The van der Waals surface area contributed by atoms with Crippen LogP contribution in [0.5, 0.6) is 11.5 Å². The normalized spacial score (nSPS) is 18.6. The molecule has 1 aliphatic heterocycles. The molecule has 1 fully saturated rings. The summed E-state index contributed by atoms with van der Waals surface area (Å²) >= 11 is 0. The maximum Gasteiger partial charge on any atom is 0.573 e. The van der Waals surface area contributed by atoms with Gasteiger partial charge in [-0.3, -0.25) is 9.52 Å². The van der Waals surface area contributed by atoms with E-state index >= 15 is 0 Å². The molecule has 0 aromatic heterocycles. The third kappa shape index (κ3) is 6.49. The maximum atomic E-state index is 12.9. The van der Waals surface area contributed by atoms with Gasteiger partial charge in [0.25, 0.3) is 10.0 Å². The standard InChI is InChI=1S/C20H21F3N2O7S/c1-2-31-17-9-12(24-19(27)15-10-30-11-16(15)26)6-7-18(17)33(28,29)25-13-4-3-5-14(8-13)32-20(21,22)23/h3-9,15-16,25-26H,2,10-11H2,1H3,(H,24,27)/t15?,16-/m1/s1. The summed E-state index contributed by atoms with van der Waals surface area (Å²) in [4.78, 5) is 12.0. The van der Waals surface area contributed by atoms with E-state index in [0.29, 0.717) is 0 Å². The number of carbonyl (C=O) groups is 1. The summed E-state index contributed by atoms with van der Waals surface area (Å²) in [6, 6.07) is 8.16. The van der Waals surface area contributed by atoms with Crippen LogP contribution < -0.4 is 19.5 Å². The van der Waals surface area contributed by atoms with Gasteiger partial charge in [-0.15, -0.1) is 13.2 Å². The number of sulfonamides is 1. The van der Waals surface area contributed by atoms with Crippen molar-refractivity contribution in [3.05, 3.63) is 42.5 Å². The Morgan fingerprint density at radius 3 is 2.58 bits per heavy atom. The molecule has 3 rings (SSSR count). The van der Waals surface area contributed by atoms with E-state index in [4.69, 9.17) is 9.47 Å². The Bertz CT molecular complexity index is 1110. The van der Waals surface area contributed by atoms with Crippen molar-refractivity contribution < 1.29 is 45.7 Å². The van der Waals surface area contributed by atoms with Gasteiger partial charge in [-0.25, -0.2) is 8.42 Å². The number of rotatable bonds is 8. The largest absolute Gasteiger partial charge is 0.573 e. The van der Waals surface area contributed by atoms with Gasteiger partial charge >= 0.3 is 6.36 Å². The number of hydrogen-bond acceptors (Lipinski definition) is 7. The molecule has 33 heavy (non-hydrogen) atoms. The van der Waals surface area contributed by atoms with Crippen molar-refractivity contribution in [2.75, 3.05) is 29.9 Å². The van der Waals surface area contributed by atoms with Gasteiger partial charge in [0.05, 0.1) is 37.5 Å². The van der Waals surface area contributed by atoms with Gasteiger partial charge in [0.2, 0.25) is 5.91 Å². The van der Waals surface area contributed by atoms with E-state index in [-0.39, 0.29) is 41.8 Å². The zero-order chi connectivity index (χ0) is 24.2. The van der Waals surface area contributed by atoms with Gasteiger partial charge in [0.15, 0.2) is 0 Å². The first-order valence-electron chi connectivity index (χ1n) is 9.70. The van der Waals surface area contributed by atoms with Crippen LogP contribution in [0.25, 0.3) is 0 Å². The van der Waals surface area contributed by atoms with E-state index in [0.717, 1.165) is 12.1 Å². The van der Waals surface area contributed by atoms with Gasteiger partial charge in [-0.05, 0) is 31.2 Å². The Balaban J connectivity index is 1.82. The number of hydrogen-bond donors (Lipinski definition) is 3. The van der Waals surface area contributed by atoms with Crippen molar-refractivity contribution in [2.45, 2.75) is 24.3 Å². The fraction of sp³-hybridized carbons (Fsp3) is 0.350. The highest BCUT2D eigenvalue weighted by Gasteiger charge is 2.33. The fourth-order valence-electron chi connectivity index (χ4n) is 3.07. The molecule has 0 spiro atoms. The van der Waals surface area contributed by atoms with Crippen LogP contribution in [0.1, 0.15) is 6.92 Å². The van der Waals surface area contributed by atoms with Crippen LogP contribution >= 0.6 is 0 Å². The lowest BCUT2D eigenvalue weighted by molar-refractivity contribution is -0.274. The van der Waals surface area contributed by atoms with E-state index in [1.54, 1.807) is 6.92 Å². The molecule has 1 heterocycles. The van der Waals surface area contributed by atoms with Crippen LogP contribution in [0.2, 0.25) is 0 Å². The van der Waals surface area contributed by atoms with Crippen molar-refractivity contribution in [3.63, 3.8) is 0 Å². The second-order valence-corrected chi connectivity index (χ2v) is 8.63. The predicted molar refractivity (Wildman–Crippen MR) is 110 cm³/mol. The Hall–Kier alpha value is -3.03. The number of carbonyl (C=O) groups excluding carboxylic acids is 1. The minimum Gasteiger partial charge on any atom is -0.492 e. The Morgan fingerprint density at radius 1 is 1.18 bits per heavy atom. The molecule has 180 valence electrons. The molecule has 0 aliphatic carbocycles. The molecule has 2 aromatic carbocycles. The van der Waals surface area contributed by atoms with Crippen molar-refractivity contribution in [1.82, 2.24) is 0 Å². The third-order valence-electron chi connectivity index (χ3n) is 4.51. The summed E-state index contributed by atoms with van der Waals surface area (Å²) < 4.78 is 79.5. The van der Waals surface area contributed by atoms with Gasteiger partial charge in [-0.1, -0.05) is 6.07 Å². The first kappa shape index (κ1) is 24.6. The smallest absolute Gasteiger partial charge is 0.492 e. The summed E-state index contributed by atoms with van der Waals surface area (Å²) in [6.07, 6.45) is -5.88. The zero-order valence-electron chi connectivity index (χ0n) is 17.3. The monoisotopic (exact) mass is 490 g/mol. The van der Waals surface area contributed by atoms with Crippen LogP contribution in [0.15, 0.2) is 47.4 Å². The summed E-state index contributed by atoms with van der Waals surface area (Å²) in [5.41, 5.74) is 0.0638. The number of anilines is 2. The summed E-state index contributed by atoms with van der Waals surface area (Å²) in [5.74, 6) is -1.95. The van der Waals surface area contributed by atoms with E-state index in [2.05, 4.69) is 14.8 Å². The number of aliphatic hydroxyl groups is 1. The van der Waals surface area contributed by atoms with Crippen LogP contribution in [-0.2, 0) is 19.6 Å². The number of alkyl halides is 3. The lowest BCUT2D eigenvalue weighted by Crippen LogP contribution is -2.31. The molecular weight excluding hydrogens is 469 g/mol. The Kier molecular flexibility index (Phi) is 7.34. The van der Waals surface area contributed by atoms with Crippen LogP contribution in [0.4, 0.5) is 24.5 Å². The van der Waals surface area contributed by atoms with Gasteiger partial charge in [0, 0.05) is 17.8 Å². The van der Waals surface area contributed by atoms with Crippen LogP contribution in [0.3, 0.4) is 0 Å². The van der Waals surface area contributed by atoms with Crippen molar-refractivity contribution in [3.8, 4) is 11.5 Å². The molecule has 1 aliphatic rings.